The molecule has 1 aliphatic heterocycles. The van der Waals surface area contributed by atoms with Crippen molar-refractivity contribution in [2.45, 2.75) is 38.4 Å². The zero-order valence-electron chi connectivity index (χ0n) is 17.5. The van der Waals surface area contributed by atoms with Crippen LogP contribution in [-0.2, 0) is 12.1 Å². The highest BCUT2D eigenvalue weighted by atomic mass is 19.3. The zero-order valence-corrected chi connectivity index (χ0v) is 17.5. The van der Waals surface area contributed by atoms with Gasteiger partial charge in [-0.3, -0.25) is 4.79 Å². The Bertz CT molecular complexity index is 1350. The maximum absolute atomic E-state index is 15.3. The minimum absolute atomic E-state index is 0.0207. The van der Waals surface area contributed by atoms with Gasteiger partial charge < -0.3 is 18.7 Å². The number of aromatic amines is 1. The molecule has 0 unspecified atom stereocenters. The molecule has 1 amide bonds. The highest BCUT2D eigenvalue weighted by Crippen LogP contribution is 2.40. The summed E-state index contributed by atoms with van der Waals surface area (Å²) >= 11 is 0. The van der Waals surface area contributed by atoms with Crippen molar-refractivity contribution in [3.8, 4) is 0 Å². The average molecular weight is 462 g/mol. The van der Waals surface area contributed by atoms with E-state index in [0.717, 1.165) is 18.7 Å². The van der Waals surface area contributed by atoms with Crippen LogP contribution in [0.3, 0.4) is 0 Å². The third-order valence-corrected chi connectivity index (χ3v) is 5.56. The molecule has 1 aromatic carbocycles. The van der Waals surface area contributed by atoms with E-state index in [9.17, 15) is 18.0 Å². The van der Waals surface area contributed by atoms with Gasteiger partial charge in [-0.1, -0.05) is 12.1 Å². The van der Waals surface area contributed by atoms with Crippen molar-refractivity contribution >= 4 is 16.9 Å². The molecule has 0 bridgehead atoms. The van der Waals surface area contributed by atoms with E-state index in [-0.39, 0.29) is 23.3 Å². The van der Waals surface area contributed by atoms with E-state index in [1.54, 1.807) is 18.2 Å². The molecule has 7 nitrogen and oxygen atoms in total. The standard InChI is InChI=1S/C22H18F4N4O3/c1-22(2,26)21-29-15(19(24)25)18(33-21)20(31)30-8-7-11-14(28-9-27-11)16(30)17-13(23)10-5-3-4-6-12(10)32-17/h3-6,9,16,19H,7-8H2,1-2H3,(H,27,28)/t16-/m1/s1. The molecule has 0 spiro atoms. The van der Waals surface area contributed by atoms with Gasteiger partial charge in [0.05, 0.1) is 17.4 Å². The number of nitrogens with zero attached hydrogens (tertiary/aromatic N) is 3. The van der Waals surface area contributed by atoms with Gasteiger partial charge in [0.15, 0.2) is 22.9 Å². The maximum atomic E-state index is 15.3. The number of rotatable bonds is 4. The lowest BCUT2D eigenvalue weighted by molar-refractivity contribution is 0.0612. The van der Waals surface area contributed by atoms with E-state index in [1.165, 1.54) is 12.4 Å². The summed E-state index contributed by atoms with van der Waals surface area (Å²) in [5, 5.41) is 0.206. The Morgan fingerprint density at radius 1 is 1.27 bits per heavy atom. The average Bonchev–Trinajstić information content (AvgIpc) is 3.49. The number of hydrogen-bond acceptors (Lipinski definition) is 5. The fraction of sp³-hybridized carbons (Fsp3) is 0.318. The van der Waals surface area contributed by atoms with Gasteiger partial charge in [0.25, 0.3) is 12.3 Å². The summed E-state index contributed by atoms with van der Waals surface area (Å²) in [5.74, 6) is -3.33. The minimum Gasteiger partial charge on any atom is -0.455 e. The SMILES string of the molecule is CC(C)(F)c1nc(C(F)F)c(C(=O)N2CCc3[nH]cnc3[C@@H]2c2oc3ccccc3c2F)o1. The number of benzene rings is 1. The molecule has 33 heavy (non-hydrogen) atoms. The topological polar surface area (TPSA) is 88.2 Å². The normalized spacial score (nSPS) is 16.6. The molecular weight excluding hydrogens is 444 g/mol. The third kappa shape index (κ3) is 3.38. The van der Waals surface area contributed by atoms with Crippen molar-refractivity contribution in [3.05, 3.63) is 70.9 Å². The van der Waals surface area contributed by atoms with Gasteiger partial charge in [-0.15, -0.1) is 0 Å². The van der Waals surface area contributed by atoms with E-state index in [1.807, 2.05) is 0 Å². The van der Waals surface area contributed by atoms with Gasteiger partial charge in [0, 0.05) is 18.7 Å². The number of carbonyl (C=O) groups is 1. The third-order valence-electron chi connectivity index (χ3n) is 5.56. The fourth-order valence-corrected chi connectivity index (χ4v) is 3.99. The predicted octanol–water partition coefficient (Wildman–Crippen LogP) is 5.21. The van der Waals surface area contributed by atoms with Crippen molar-refractivity contribution in [1.29, 1.82) is 0 Å². The molecule has 3 aromatic heterocycles. The summed E-state index contributed by atoms with van der Waals surface area (Å²) in [4.78, 5) is 25.3. The smallest absolute Gasteiger partial charge is 0.292 e. The van der Waals surface area contributed by atoms with Crippen LogP contribution in [0.15, 0.2) is 39.4 Å². The van der Waals surface area contributed by atoms with Gasteiger partial charge >= 0.3 is 0 Å². The van der Waals surface area contributed by atoms with Crippen molar-refractivity contribution in [2.75, 3.05) is 6.54 Å². The minimum atomic E-state index is -3.18. The van der Waals surface area contributed by atoms with E-state index >= 15 is 4.39 Å². The Hall–Kier alpha value is -3.63. The number of para-hydroxylation sites is 1. The number of fused-ring (bicyclic) bond motifs is 2. The predicted molar refractivity (Wildman–Crippen MR) is 107 cm³/mol. The second-order valence-electron chi connectivity index (χ2n) is 8.20. The summed E-state index contributed by atoms with van der Waals surface area (Å²) in [6.45, 7) is 2.17. The van der Waals surface area contributed by atoms with Gasteiger partial charge in [-0.2, -0.15) is 0 Å². The monoisotopic (exact) mass is 462 g/mol. The number of halogens is 4. The molecule has 1 N–H and O–H groups in total. The number of imidazole rings is 1. The number of hydrogen-bond donors (Lipinski definition) is 1. The second kappa shape index (κ2) is 7.46. The molecular formula is C22H18F4N4O3. The van der Waals surface area contributed by atoms with Crippen molar-refractivity contribution in [1.82, 2.24) is 19.9 Å². The molecule has 4 heterocycles. The molecule has 0 radical (unpaired) electrons. The second-order valence-corrected chi connectivity index (χ2v) is 8.20. The molecule has 1 aliphatic rings. The number of aromatic nitrogens is 3. The Balaban J connectivity index is 1.65. The molecule has 0 aliphatic carbocycles. The van der Waals surface area contributed by atoms with Crippen LogP contribution in [-0.4, -0.2) is 32.3 Å². The summed E-state index contributed by atoms with van der Waals surface area (Å²) in [7, 11) is 0. The van der Waals surface area contributed by atoms with Gasteiger partial charge in [0.1, 0.15) is 11.6 Å². The van der Waals surface area contributed by atoms with Crippen molar-refractivity contribution in [3.63, 3.8) is 0 Å². The van der Waals surface area contributed by atoms with E-state index in [4.69, 9.17) is 8.83 Å². The van der Waals surface area contributed by atoms with E-state index < -0.39 is 47.2 Å². The molecule has 1 atom stereocenters. The first-order chi connectivity index (χ1) is 15.7. The van der Waals surface area contributed by atoms with Crippen LogP contribution in [0.2, 0.25) is 0 Å². The fourth-order valence-electron chi connectivity index (χ4n) is 3.99. The van der Waals surface area contributed by atoms with Gasteiger partial charge in [-0.25, -0.2) is 27.5 Å². The number of H-pyrrole nitrogens is 1. The summed E-state index contributed by atoms with van der Waals surface area (Å²) in [6, 6.07) is 5.25. The number of oxazole rings is 1. The zero-order chi connectivity index (χ0) is 23.5. The van der Waals surface area contributed by atoms with Crippen molar-refractivity contribution < 1.29 is 31.2 Å². The first-order valence-corrected chi connectivity index (χ1v) is 10.1. The summed E-state index contributed by atoms with van der Waals surface area (Å²) in [5.41, 5.74) is -1.94. The van der Waals surface area contributed by atoms with E-state index in [2.05, 4.69) is 15.0 Å². The molecule has 5 rings (SSSR count). The van der Waals surface area contributed by atoms with Crippen LogP contribution in [0.25, 0.3) is 11.0 Å². The highest BCUT2D eigenvalue weighted by molar-refractivity contribution is 5.93. The van der Waals surface area contributed by atoms with Crippen LogP contribution >= 0.6 is 0 Å². The summed E-state index contributed by atoms with van der Waals surface area (Å²) in [6.07, 6.45) is -1.48. The van der Waals surface area contributed by atoms with Crippen LogP contribution in [0, 0.1) is 5.82 Å². The number of nitrogens with one attached hydrogen (secondary N) is 1. The van der Waals surface area contributed by atoms with E-state index in [0.29, 0.717) is 17.8 Å². The Kier molecular flexibility index (Phi) is 4.80. The lowest BCUT2D eigenvalue weighted by Gasteiger charge is -2.33. The Morgan fingerprint density at radius 2 is 2.03 bits per heavy atom. The van der Waals surface area contributed by atoms with Gasteiger partial charge in [0.2, 0.25) is 11.7 Å². The first-order valence-electron chi connectivity index (χ1n) is 10.1. The van der Waals surface area contributed by atoms with Crippen LogP contribution in [0.5, 0.6) is 0 Å². The molecule has 0 saturated heterocycles. The molecule has 172 valence electrons. The number of amides is 1. The number of alkyl halides is 3. The molecule has 4 aromatic rings. The Labute approximate surface area is 184 Å². The maximum Gasteiger partial charge on any atom is 0.292 e. The molecule has 0 fully saturated rings. The number of carbonyl (C=O) groups excluding carboxylic acids is 1. The summed E-state index contributed by atoms with van der Waals surface area (Å²) < 4.78 is 67.9. The molecule has 0 saturated carbocycles. The Morgan fingerprint density at radius 3 is 2.73 bits per heavy atom. The van der Waals surface area contributed by atoms with Crippen LogP contribution < -0.4 is 0 Å². The lowest BCUT2D eigenvalue weighted by atomic mass is 9.99. The largest absolute Gasteiger partial charge is 0.455 e. The lowest BCUT2D eigenvalue weighted by Crippen LogP contribution is -2.41. The highest BCUT2D eigenvalue weighted by Gasteiger charge is 2.42. The molecule has 11 heteroatoms. The van der Waals surface area contributed by atoms with Crippen molar-refractivity contribution in [2.24, 2.45) is 0 Å². The first kappa shape index (κ1) is 21.2. The van der Waals surface area contributed by atoms with Gasteiger partial charge in [-0.05, 0) is 26.0 Å². The quantitative estimate of drug-likeness (QED) is 0.421. The number of furan rings is 1. The van der Waals surface area contributed by atoms with Crippen LogP contribution in [0.4, 0.5) is 17.6 Å². The van der Waals surface area contributed by atoms with Crippen LogP contribution in [0.1, 0.15) is 65.6 Å².